The summed E-state index contributed by atoms with van der Waals surface area (Å²) in [7, 11) is 0. The van der Waals surface area contributed by atoms with Crippen LogP contribution in [0.4, 0.5) is 0 Å². The smallest absolute Gasteiger partial charge is 0.224 e. The summed E-state index contributed by atoms with van der Waals surface area (Å²) in [5.74, 6) is 0.947. The maximum Gasteiger partial charge on any atom is 0.224 e. The Labute approximate surface area is 107 Å². The molecule has 3 heterocycles. The Morgan fingerprint density at radius 1 is 1.44 bits per heavy atom. The van der Waals surface area contributed by atoms with Crippen LogP contribution in [0.1, 0.15) is 19.3 Å². The summed E-state index contributed by atoms with van der Waals surface area (Å²) in [6.45, 7) is 3.65. The Bertz CT molecular complexity index is 403. The van der Waals surface area contributed by atoms with Gasteiger partial charge in [-0.05, 0) is 31.4 Å². The zero-order chi connectivity index (χ0) is 12.4. The Kier molecular flexibility index (Phi) is 3.32. The molecular weight excluding hydrogens is 228 g/mol. The average molecular weight is 248 g/mol. The SMILES string of the molecule is O=C(CCn1cccn1)N1CCC2NCCC2C1. The highest BCUT2D eigenvalue weighted by atomic mass is 16.2. The third-order valence-corrected chi connectivity index (χ3v) is 4.12. The quantitative estimate of drug-likeness (QED) is 0.846. The summed E-state index contributed by atoms with van der Waals surface area (Å²) < 4.78 is 1.82. The van der Waals surface area contributed by atoms with E-state index in [0.717, 1.165) is 26.1 Å². The normalized spacial score (nSPS) is 27.2. The second-order valence-electron chi connectivity index (χ2n) is 5.26. The van der Waals surface area contributed by atoms with Gasteiger partial charge in [0.15, 0.2) is 0 Å². The molecule has 3 rings (SSSR count). The van der Waals surface area contributed by atoms with Gasteiger partial charge in [-0.1, -0.05) is 0 Å². The van der Waals surface area contributed by atoms with E-state index in [1.807, 2.05) is 21.8 Å². The van der Waals surface area contributed by atoms with Crippen LogP contribution in [0, 0.1) is 5.92 Å². The van der Waals surface area contributed by atoms with Crippen LogP contribution >= 0.6 is 0 Å². The standard InChI is InChI=1S/C13H20N4O/c18-13(4-9-17-7-1-5-15-17)16-8-3-12-11(10-16)2-6-14-12/h1,5,7,11-12,14H,2-4,6,8-10H2. The van der Waals surface area contributed by atoms with Gasteiger partial charge in [0.1, 0.15) is 0 Å². The number of carbonyl (C=O) groups is 1. The van der Waals surface area contributed by atoms with Crippen molar-refractivity contribution in [3.63, 3.8) is 0 Å². The maximum atomic E-state index is 12.1. The summed E-state index contributed by atoms with van der Waals surface area (Å²) in [5.41, 5.74) is 0. The predicted octanol–water partition coefficient (Wildman–Crippen LogP) is 0.484. The molecule has 2 unspecified atom stereocenters. The van der Waals surface area contributed by atoms with Crippen molar-refractivity contribution in [2.45, 2.75) is 31.8 Å². The van der Waals surface area contributed by atoms with Crippen LogP contribution in [0.25, 0.3) is 0 Å². The van der Waals surface area contributed by atoms with Crippen molar-refractivity contribution in [3.8, 4) is 0 Å². The number of amides is 1. The number of likely N-dealkylation sites (tertiary alicyclic amines) is 1. The minimum absolute atomic E-state index is 0.274. The molecule has 0 aliphatic carbocycles. The topological polar surface area (TPSA) is 50.2 Å². The highest BCUT2D eigenvalue weighted by Gasteiger charge is 2.33. The minimum Gasteiger partial charge on any atom is -0.342 e. The molecule has 1 N–H and O–H groups in total. The van der Waals surface area contributed by atoms with Crippen molar-refractivity contribution in [3.05, 3.63) is 18.5 Å². The summed E-state index contributed by atoms with van der Waals surface area (Å²) in [6.07, 6.45) is 6.54. The van der Waals surface area contributed by atoms with E-state index in [1.54, 1.807) is 6.20 Å². The molecule has 0 radical (unpaired) electrons. The monoisotopic (exact) mass is 248 g/mol. The number of aryl methyl sites for hydroxylation is 1. The van der Waals surface area contributed by atoms with Gasteiger partial charge in [-0.3, -0.25) is 9.48 Å². The molecule has 5 nitrogen and oxygen atoms in total. The largest absolute Gasteiger partial charge is 0.342 e. The Balaban J connectivity index is 1.50. The molecule has 0 aromatic carbocycles. The number of fused-ring (bicyclic) bond motifs is 1. The first-order valence-electron chi connectivity index (χ1n) is 6.81. The lowest BCUT2D eigenvalue weighted by molar-refractivity contribution is -0.133. The molecule has 98 valence electrons. The van der Waals surface area contributed by atoms with E-state index in [2.05, 4.69) is 10.4 Å². The number of hydrogen-bond acceptors (Lipinski definition) is 3. The molecule has 2 aliphatic rings. The van der Waals surface area contributed by atoms with Gasteiger partial charge in [0.2, 0.25) is 5.91 Å². The lowest BCUT2D eigenvalue weighted by Gasteiger charge is -2.35. The summed E-state index contributed by atoms with van der Waals surface area (Å²) >= 11 is 0. The molecule has 1 aromatic rings. The molecule has 0 bridgehead atoms. The average Bonchev–Trinajstić information content (AvgIpc) is 3.05. The van der Waals surface area contributed by atoms with Crippen molar-refractivity contribution >= 4 is 5.91 Å². The molecule has 0 spiro atoms. The first-order valence-corrected chi connectivity index (χ1v) is 6.81. The van der Waals surface area contributed by atoms with Crippen molar-refractivity contribution in [1.29, 1.82) is 0 Å². The summed E-state index contributed by atoms with van der Waals surface area (Å²) in [4.78, 5) is 14.2. The molecule has 2 atom stereocenters. The highest BCUT2D eigenvalue weighted by Crippen LogP contribution is 2.24. The molecule has 0 saturated carbocycles. The lowest BCUT2D eigenvalue weighted by Crippen LogP contribution is -2.47. The van der Waals surface area contributed by atoms with Gasteiger partial charge in [-0.2, -0.15) is 5.10 Å². The Morgan fingerprint density at radius 3 is 3.22 bits per heavy atom. The molecule has 2 saturated heterocycles. The van der Waals surface area contributed by atoms with Crippen molar-refractivity contribution < 1.29 is 4.79 Å². The van der Waals surface area contributed by atoms with Gasteiger partial charge in [-0.25, -0.2) is 0 Å². The van der Waals surface area contributed by atoms with Gasteiger partial charge < -0.3 is 10.2 Å². The van der Waals surface area contributed by atoms with E-state index in [4.69, 9.17) is 0 Å². The second kappa shape index (κ2) is 5.10. The molecule has 2 aliphatic heterocycles. The third-order valence-electron chi connectivity index (χ3n) is 4.12. The third kappa shape index (κ3) is 2.41. The van der Waals surface area contributed by atoms with Gasteiger partial charge in [0, 0.05) is 44.5 Å². The summed E-state index contributed by atoms with van der Waals surface area (Å²) in [5, 5.41) is 7.64. The number of nitrogens with zero attached hydrogens (tertiary/aromatic N) is 3. The fourth-order valence-corrected chi connectivity index (χ4v) is 3.08. The highest BCUT2D eigenvalue weighted by molar-refractivity contribution is 5.76. The van der Waals surface area contributed by atoms with Crippen LogP contribution in [0.3, 0.4) is 0 Å². The van der Waals surface area contributed by atoms with E-state index in [9.17, 15) is 4.79 Å². The lowest BCUT2D eigenvalue weighted by atomic mass is 9.93. The number of aromatic nitrogens is 2. The van der Waals surface area contributed by atoms with Crippen LogP contribution in [0.5, 0.6) is 0 Å². The molecule has 2 fully saturated rings. The first-order chi connectivity index (χ1) is 8.83. The minimum atomic E-state index is 0.274. The van der Waals surface area contributed by atoms with Crippen LogP contribution < -0.4 is 5.32 Å². The number of rotatable bonds is 3. The van der Waals surface area contributed by atoms with Gasteiger partial charge in [0.25, 0.3) is 0 Å². The zero-order valence-corrected chi connectivity index (χ0v) is 10.6. The fraction of sp³-hybridized carbons (Fsp3) is 0.692. The number of carbonyl (C=O) groups excluding carboxylic acids is 1. The van der Waals surface area contributed by atoms with Crippen molar-refractivity contribution in [1.82, 2.24) is 20.0 Å². The van der Waals surface area contributed by atoms with Crippen LogP contribution in [-0.4, -0.2) is 46.3 Å². The van der Waals surface area contributed by atoms with E-state index >= 15 is 0 Å². The number of nitrogens with one attached hydrogen (secondary N) is 1. The number of hydrogen-bond donors (Lipinski definition) is 1. The zero-order valence-electron chi connectivity index (χ0n) is 10.6. The van der Waals surface area contributed by atoms with Crippen LogP contribution in [0.15, 0.2) is 18.5 Å². The second-order valence-corrected chi connectivity index (χ2v) is 5.26. The van der Waals surface area contributed by atoms with E-state index < -0.39 is 0 Å². The van der Waals surface area contributed by atoms with E-state index in [0.29, 0.717) is 24.9 Å². The van der Waals surface area contributed by atoms with Crippen LogP contribution in [-0.2, 0) is 11.3 Å². The Morgan fingerprint density at radius 2 is 2.39 bits per heavy atom. The van der Waals surface area contributed by atoms with E-state index in [1.165, 1.54) is 6.42 Å². The summed E-state index contributed by atoms with van der Waals surface area (Å²) in [6, 6.07) is 2.54. The first kappa shape index (κ1) is 11.7. The van der Waals surface area contributed by atoms with Crippen molar-refractivity contribution in [2.75, 3.05) is 19.6 Å². The van der Waals surface area contributed by atoms with Crippen molar-refractivity contribution in [2.24, 2.45) is 5.92 Å². The molecule has 1 amide bonds. The molecular formula is C13H20N4O. The van der Waals surface area contributed by atoms with Gasteiger partial charge in [-0.15, -0.1) is 0 Å². The number of piperidine rings is 1. The predicted molar refractivity (Wildman–Crippen MR) is 67.9 cm³/mol. The molecule has 18 heavy (non-hydrogen) atoms. The fourth-order valence-electron chi connectivity index (χ4n) is 3.08. The van der Waals surface area contributed by atoms with Crippen LogP contribution in [0.2, 0.25) is 0 Å². The molecule has 1 aromatic heterocycles. The maximum absolute atomic E-state index is 12.1. The molecule has 5 heteroatoms. The Hall–Kier alpha value is -1.36. The van der Waals surface area contributed by atoms with E-state index in [-0.39, 0.29) is 5.91 Å². The van der Waals surface area contributed by atoms with Gasteiger partial charge in [0.05, 0.1) is 0 Å². The van der Waals surface area contributed by atoms with Gasteiger partial charge >= 0.3 is 0 Å².